The molecule has 0 bridgehead atoms. The molecule has 1 aromatic rings. The van der Waals surface area contributed by atoms with Gasteiger partial charge in [-0.1, -0.05) is 38.4 Å². The quantitative estimate of drug-likeness (QED) is 0.841. The fourth-order valence-electron chi connectivity index (χ4n) is 1.37. The van der Waals surface area contributed by atoms with Crippen molar-refractivity contribution < 1.29 is 4.74 Å². The van der Waals surface area contributed by atoms with Crippen molar-refractivity contribution in [1.29, 1.82) is 0 Å². The lowest BCUT2D eigenvalue weighted by atomic mass is 9.83. The molecule has 84 valence electrons. The van der Waals surface area contributed by atoms with Gasteiger partial charge in [0, 0.05) is 6.04 Å². The van der Waals surface area contributed by atoms with Crippen LogP contribution in [0.5, 0.6) is 5.75 Å². The van der Waals surface area contributed by atoms with Crippen LogP contribution in [-0.2, 0) is 0 Å². The zero-order valence-electron chi connectivity index (χ0n) is 9.67. The molecule has 1 aromatic carbocycles. The van der Waals surface area contributed by atoms with Crippen LogP contribution in [0.1, 0.15) is 32.4 Å². The molecule has 2 N–H and O–H groups in total. The number of nitrogens with two attached hydrogens (primary N) is 1. The molecule has 3 heteroatoms. The van der Waals surface area contributed by atoms with Gasteiger partial charge in [-0.2, -0.15) is 0 Å². The van der Waals surface area contributed by atoms with Gasteiger partial charge < -0.3 is 10.5 Å². The summed E-state index contributed by atoms with van der Waals surface area (Å²) in [7, 11) is 1.60. The molecule has 0 aromatic heterocycles. The lowest BCUT2D eigenvalue weighted by Gasteiger charge is -2.27. The molecule has 2 nitrogen and oxygen atoms in total. The van der Waals surface area contributed by atoms with Crippen molar-refractivity contribution >= 4 is 11.6 Å². The third kappa shape index (κ3) is 2.86. The first-order valence-corrected chi connectivity index (χ1v) is 5.33. The number of hydrogen-bond donors (Lipinski definition) is 1. The Morgan fingerprint density at radius 2 is 1.93 bits per heavy atom. The molecule has 0 aliphatic heterocycles. The van der Waals surface area contributed by atoms with Crippen LogP contribution in [0.3, 0.4) is 0 Å². The van der Waals surface area contributed by atoms with Crippen molar-refractivity contribution in [3.8, 4) is 5.75 Å². The van der Waals surface area contributed by atoms with Gasteiger partial charge >= 0.3 is 0 Å². The van der Waals surface area contributed by atoms with E-state index in [1.165, 1.54) is 0 Å². The fraction of sp³-hybridized carbons (Fsp3) is 0.500. The Kier molecular flexibility index (Phi) is 3.63. The Morgan fingerprint density at radius 3 is 2.40 bits per heavy atom. The van der Waals surface area contributed by atoms with Crippen molar-refractivity contribution in [1.82, 2.24) is 0 Å². The molecule has 1 atom stereocenters. The van der Waals surface area contributed by atoms with Crippen molar-refractivity contribution in [2.24, 2.45) is 11.1 Å². The highest BCUT2D eigenvalue weighted by atomic mass is 35.5. The largest absolute Gasteiger partial charge is 0.495 e. The highest BCUT2D eigenvalue weighted by molar-refractivity contribution is 6.32. The minimum Gasteiger partial charge on any atom is -0.495 e. The van der Waals surface area contributed by atoms with E-state index in [-0.39, 0.29) is 11.5 Å². The summed E-state index contributed by atoms with van der Waals surface area (Å²) >= 11 is 5.95. The maximum Gasteiger partial charge on any atom is 0.137 e. The van der Waals surface area contributed by atoms with Gasteiger partial charge in [0.2, 0.25) is 0 Å². The van der Waals surface area contributed by atoms with Crippen molar-refractivity contribution in [3.05, 3.63) is 28.8 Å². The van der Waals surface area contributed by atoms with Crippen LogP contribution in [0.15, 0.2) is 18.2 Å². The van der Waals surface area contributed by atoms with Crippen molar-refractivity contribution in [2.45, 2.75) is 26.8 Å². The van der Waals surface area contributed by atoms with Gasteiger partial charge in [0.1, 0.15) is 5.75 Å². The summed E-state index contributed by atoms with van der Waals surface area (Å²) in [5.74, 6) is 0.675. The first-order valence-electron chi connectivity index (χ1n) is 4.95. The average molecular weight is 228 g/mol. The van der Waals surface area contributed by atoms with E-state index in [4.69, 9.17) is 22.1 Å². The monoisotopic (exact) mass is 227 g/mol. The molecule has 0 amide bonds. The van der Waals surface area contributed by atoms with Gasteiger partial charge in [-0.3, -0.25) is 0 Å². The Morgan fingerprint density at radius 1 is 1.33 bits per heavy atom. The van der Waals surface area contributed by atoms with Crippen LogP contribution in [0.4, 0.5) is 0 Å². The molecule has 0 saturated carbocycles. The molecule has 1 rings (SSSR count). The van der Waals surface area contributed by atoms with Gasteiger partial charge in [0.25, 0.3) is 0 Å². The number of methoxy groups -OCH3 is 1. The third-order valence-corrected chi connectivity index (χ3v) is 2.78. The van der Waals surface area contributed by atoms with Gasteiger partial charge in [-0.25, -0.2) is 0 Å². The summed E-state index contributed by atoms with van der Waals surface area (Å²) in [6.45, 7) is 6.33. The van der Waals surface area contributed by atoms with Crippen molar-refractivity contribution in [2.75, 3.05) is 7.11 Å². The molecular weight excluding hydrogens is 210 g/mol. The number of ether oxygens (including phenoxy) is 1. The lowest BCUT2D eigenvalue weighted by molar-refractivity contribution is 0.325. The summed E-state index contributed by atoms with van der Waals surface area (Å²) in [6, 6.07) is 5.64. The standard InChI is InChI=1S/C12H18ClNO/c1-12(2,3)11(14)8-5-6-9(13)10(7-8)15-4/h5-7,11H,14H2,1-4H3/t11-/m1/s1. The summed E-state index contributed by atoms with van der Waals surface area (Å²) in [5, 5.41) is 0.613. The first-order chi connectivity index (χ1) is 6.86. The number of halogens is 1. The van der Waals surface area contributed by atoms with Gasteiger partial charge in [-0.05, 0) is 23.1 Å². The van der Waals surface area contributed by atoms with Crippen LogP contribution < -0.4 is 10.5 Å². The predicted octanol–water partition coefficient (Wildman–Crippen LogP) is 3.39. The van der Waals surface area contributed by atoms with Gasteiger partial charge in [0.15, 0.2) is 0 Å². The first kappa shape index (κ1) is 12.3. The molecule has 0 saturated heterocycles. The maximum absolute atomic E-state index is 6.15. The van der Waals surface area contributed by atoms with E-state index in [1.807, 2.05) is 18.2 Å². The van der Waals surface area contributed by atoms with E-state index < -0.39 is 0 Å². The molecule has 15 heavy (non-hydrogen) atoms. The van der Waals surface area contributed by atoms with Crippen LogP contribution >= 0.6 is 11.6 Å². The summed E-state index contributed by atoms with van der Waals surface area (Å²) < 4.78 is 5.16. The Hall–Kier alpha value is -0.730. The topological polar surface area (TPSA) is 35.2 Å². The molecular formula is C12H18ClNO. The molecule has 0 aliphatic rings. The van der Waals surface area contributed by atoms with Crippen LogP contribution in [-0.4, -0.2) is 7.11 Å². The zero-order valence-corrected chi connectivity index (χ0v) is 10.4. The Balaban J connectivity index is 3.06. The van der Waals surface area contributed by atoms with E-state index in [1.54, 1.807) is 7.11 Å². The summed E-state index contributed by atoms with van der Waals surface area (Å²) in [5.41, 5.74) is 7.22. The number of hydrogen-bond acceptors (Lipinski definition) is 2. The van der Waals surface area contributed by atoms with Crippen molar-refractivity contribution in [3.63, 3.8) is 0 Å². The molecule has 0 spiro atoms. The van der Waals surface area contributed by atoms with Crippen LogP contribution in [0.2, 0.25) is 5.02 Å². The summed E-state index contributed by atoms with van der Waals surface area (Å²) in [6.07, 6.45) is 0. The van der Waals surface area contributed by atoms with Crippen LogP contribution in [0, 0.1) is 5.41 Å². The minimum absolute atomic E-state index is 0.0244. The molecule has 0 radical (unpaired) electrons. The zero-order chi connectivity index (χ0) is 11.6. The molecule has 0 aliphatic carbocycles. The smallest absolute Gasteiger partial charge is 0.137 e. The molecule has 0 unspecified atom stereocenters. The highest BCUT2D eigenvalue weighted by Crippen LogP contribution is 2.34. The maximum atomic E-state index is 6.15. The highest BCUT2D eigenvalue weighted by Gasteiger charge is 2.22. The fourth-order valence-corrected chi connectivity index (χ4v) is 1.56. The van der Waals surface area contributed by atoms with E-state index in [0.29, 0.717) is 10.8 Å². The minimum atomic E-state index is -0.0244. The van der Waals surface area contributed by atoms with E-state index in [9.17, 15) is 0 Å². The van der Waals surface area contributed by atoms with Gasteiger partial charge in [0.05, 0.1) is 12.1 Å². The van der Waals surface area contributed by atoms with Crippen LogP contribution in [0.25, 0.3) is 0 Å². The molecule has 0 heterocycles. The normalized spacial score (nSPS) is 13.7. The second-order valence-corrected chi connectivity index (χ2v) is 5.14. The average Bonchev–Trinajstić information content (AvgIpc) is 2.16. The van der Waals surface area contributed by atoms with E-state index >= 15 is 0 Å². The molecule has 0 fully saturated rings. The number of rotatable bonds is 2. The Bertz CT molecular complexity index is 344. The number of benzene rings is 1. The third-order valence-electron chi connectivity index (χ3n) is 2.47. The Labute approximate surface area is 96.4 Å². The predicted molar refractivity (Wildman–Crippen MR) is 64.4 cm³/mol. The van der Waals surface area contributed by atoms with E-state index in [0.717, 1.165) is 5.56 Å². The summed E-state index contributed by atoms with van der Waals surface area (Å²) in [4.78, 5) is 0. The lowest BCUT2D eigenvalue weighted by Crippen LogP contribution is -2.26. The van der Waals surface area contributed by atoms with E-state index in [2.05, 4.69) is 20.8 Å². The second kappa shape index (κ2) is 4.42. The second-order valence-electron chi connectivity index (χ2n) is 4.74. The SMILES string of the molecule is COc1cc([C@@H](N)C(C)(C)C)ccc1Cl. The van der Waals surface area contributed by atoms with Gasteiger partial charge in [-0.15, -0.1) is 0 Å².